The summed E-state index contributed by atoms with van der Waals surface area (Å²) in [6.07, 6.45) is 6.35. The minimum absolute atomic E-state index is 0.00147. The van der Waals surface area contributed by atoms with Crippen molar-refractivity contribution in [1.82, 2.24) is 10.2 Å². The van der Waals surface area contributed by atoms with E-state index in [0.29, 0.717) is 23.8 Å². The molecule has 4 rings (SSSR count). The van der Waals surface area contributed by atoms with E-state index in [9.17, 15) is 9.59 Å². The van der Waals surface area contributed by atoms with E-state index in [4.69, 9.17) is 0 Å². The predicted octanol–water partition coefficient (Wildman–Crippen LogP) is 4.77. The van der Waals surface area contributed by atoms with Crippen molar-refractivity contribution in [3.8, 4) is 0 Å². The molecule has 152 valence electrons. The van der Waals surface area contributed by atoms with Crippen LogP contribution in [0.2, 0.25) is 0 Å². The molecule has 1 saturated carbocycles. The molecule has 2 aromatic carbocycles. The van der Waals surface area contributed by atoms with Crippen LogP contribution in [0, 0.1) is 5.92 Å². The van der Waals surface area contributed by atoms with Crippen molar-refractivity contribution in [2.75, 3.05) is 12.3 Å². The highest BCUT2D eigenvalue weighted by atomic mass is 32.2. The number of nitrogens with zero attached hydrogens (tertiary/aromatic N) is 1. The van der Waals surface area contributed by atoms with E-state index in [-0.39, 0.29) is 17.2 Å². The molecule has 1 aliphatic carbocycles. The first kappa shape index (κ1) is 20.0. The van der Waals surface area contributed by atoms with Crippen LogP contribution in [0.15, 0.2) is 54.6 Å². The third kappa shape index (κ3) is 5.02. The third-order valence-electron chi connectivity index (χ3n) is 5.90. The van der Waals surface area contributed by atoms with E-state index in [0.717, 1.165) is 17.7 Å². The molecule has 1 heterocycles. The largest absolute Gasteiger partial charge is 0.352 e. The van der Waals surface area contributed by atoms with Crippen molar-refractivity contribution < 1.29 is 9.59 Å². The van der Waals surface area contributed by atoms with Gasteiger partial charge < -0.3 is 10.2 Å². The number of benzene rings is 2. The number of hydrogen-bond acceptors (Lipinski definition) is 3. The Morgan fingerprint density at radius 2 is 1.72 bits per heavy atom. The summed E-state index contributed by atoms with van der Waals surface area (Å²) in [4.78, 5) is 26.8. The Morgan fingerprint density at radius 3 is 2.45 bits per heavy atom. The smallest absolute Gasteiger partial charge is 0.251 e. The average Bonchev–Trinajstić information content (AvgIpc) is 3.14. The second-order valence-corrected chi connectivity index (χ2v) is 9.08. The number of carbonyl (C=O) groups excluding carboxylic acids is 2. The molecule has 0 radical (unpaired) electrons. The molecule has 2 fully saturated rings. The topological polar surface area (TPSA) is 49.4 Å². The summed E-state index contributed by atoms with van der Waals surface area (Å²) in [5.74, 6) is 1.29. The van der Waals surface area contributed by atoms with Gasteiger partial charge in [0.05, 0.1) is 5.75 Å². The number of hydrogen-bond donors (Lipinski definition) is 1. The first-order valence-electron chi connectivity index (χ1n) is 10.5. The van der Waals surface area contributed by atoms with Gasteiger partial charge in [0, 0.05) is 18.7 Å². The van der Waals surface area contributed by atoms with Gasteiger partial charge in [0.15, 0.2) is 0 Å². The SMILES string of the molecule is O=C(NCC1CCCCC1)c1ccc([C@H]2SCC(=O)N2Cc2ccccc2)cc1. The fourth-order valence-electron chi connectivity index (χ4n) is 4.21. The molecule has 0 spiro atoms. The molecule has 1 aliphatic heterocycles. The summed E-state index contributed by atoms with van der Waals surface area (Å²) in [6, 6.07) is 17.8. The zero-order valence-corrected chi connectivity index (χ0v) is 17.5. The monoisotopic (exact) mass is 408 g/mol. The van der Waals surface area contributed by atoms with Crippen LogP contribution in [0.3, 0.4) is 0 Å². The minimum Gasteiger partial charge on any atom is -0.352 e. The van der Waals surface area contributed by atoms with Gasteiger partial charge in [0.2, 0.25) is 5.91 Å². The predicted molar refractivity (Wildman–Crippen MR) is 118 cm³/mol. The van der Waals surface area contributed by atoms with Gasteiger partial charge in [-0.2, -0.15) is 0 Å². The first-order chi connectivity index (χ1) is 14.2. The summed E-state index contributed by atoms with van der Waals surface area (Å²) in [5, 5.41) is 3.10. The van der Waals surface area contributed by atoms with Crippen LogP contribution in [0.5, 0.6) is 0 Å². The molecule has 4 nitrogen and oxygen atoms in total. The van der Waals surface area contributed by atoms with E-state index in [2.05, 4.69) is 5.32 Å². The lowest BCUT2D eigenvalue weighted by molar-refractivity contribution is -0.128. The second-order valence-electron chi connectivity index (χ2n) is 8.01. The maximum atomic E-state index is 12.5. The number of carbonyl (C=O) groups is 2. The van der Waals surface area contributed by atoms with Gasteiger partial charge in [-0.1, -0.05) is 61.7 Å². The zero-order chi connectivity index (χ0) is 20.1. The van der Waals surface area contributed by atoms with Crippen LogP contribution in [0.1, 0.15) is 59.0 Å². The van der Waals surface area contributed by atoms with Gasteiger partial charge >= 0.3 is 0 Å². The van der Waals surface area contributed by atoms with Gasteiger partial charge in [-0.05, 0) is 42.0 Å². The average molecular weight is 409 g/mol. The summed E-state index contributed by atoms with van der Waals surface area (Å²) in [5.41, 5.74) is 2.89. The Hall–Kier alpha value is -2.27. The molecule has 29 heavy (non-hydrogen) atoms. The number of amides is 2. The maximum absolute atomic E-state index is 12.5. The van der Waals surface area contributed by atoms with E-state index in [1.807, 2.05) is 59.5 Å². The highest BCUT2D eigenvalue weighted by molar-refractivity contribution is 8.00. The zero-order valence-electron chi connectivity index (χ0n) is 16.7. The van der Waals surface area contributed by atoms with Crippen LogP contribution < -0.4 is 5.32 Å². The molecule has 1 saturated heterocycles. The maximum Gasteiger partial charge on any atom is 0.251 e. The van der Waals surface area contributed by atoms with Gasteiger partial charge in [-0.3, -0.25) is 9.59 Å². The Balaban J connectivity index is 1.38. The summed E-state index contributed by atoms with van der Waals surface area (Å²) >= 11 is 1.65. The highest BCUT2D eigenvalue weighted by Crippen LogP contribution is 2.39. The lowest BCUT2D eigenvalue weighted by Crippen LogP contribution is -2.30. The molecule has 2 aromatic rings. The fourth-order valence-corrected chi connectivity index (χ4v) is 5.40. The number of thioether (sulfide) groups is 1. The third-order valence-corrected chi connectivity index (χ3v) is 7.15. The molecule has 0 unspecified atom stereocenters. The standard InChI is InChI=1S/C24H28N2O2S/c27-22-17-29-24(26(22)16-19-9-5-2-6-10-19)21-13-11-20(12-14-21)23(28)25-15-18-7-3-1-4-8-18/h2,5-6,9-14,18,24H,1,3-4,7-8,15-17H2,(H,25,28)/t24-/m1/s1. The van der Waals surface area contributed by atoms with Crippen molar-refractivity contribution >= 4 is 23.6 Å². The van der Waals surface area contributed by atoms with Crippen molar-refractivity contribution in [3.63, 3.8) is 0 Å². The number of rotatable bonds is 6. The molecule has 5 heteroatoms. The molecule has 2 aliphatic rings. The molecule has 1 atom stereocenters. The normalized spacial score (nSPS) is 20.1. The quantitative estimate of drug-likeness (QED) is 0.749. The van der Waals surface area contributed by atoms with Crippen LogP contribution >= 0.6 is 11.8 Å². The van der Waals surface area contributed by atoms with Gasteiger partial charge in [-0.15, -0.1) is 11.8 Å². The van der Waals surface area contributed by atoms with E-state index >= 15 is 0 Å². The lowest BCUT2D eigenvalue weighted by atomic mass is 9.89. The van der Waals surface area contributed by atoms with Crippen LogP contribution in [0.4, 0.5) is 0 Å². The molecular weight excluding hydrogens is 380 g/mol. The first-order valence-corrected chi connectivity index (χ1v) is 11.6. The molecule has 0 bridgehead atoms. The molecule has 1 N–H and O–H groups in total. The van der Waals surface area contributed by atoms with Crippen LogP contribution in [-0.2, 0) is 11.3 Å². The van der Waals surface area contributed by atoms with Gasteiger partial charge in [0.25, 0.3) is 5.91 Å². The summed E-state index contributed by atoms with van der Waals surface area (Å²) < 4.78 is 0. The van der Waals surface area contributed by atoms with Gasteiger partial charge in [0.1, 0.15) is 5.37 Å². The Morgan fingerprint density at radius 1 is 1.00 bits per heavy atom. The summed E-state index contributed by atoms with van der Waals surface area (Å²) in [6.45, 7) is 1.39. The lowest BCUT2D eigenvalue weighted by Gasteiger charge is -2.24. The molecular formula is C24H28N2O2S. The van der Waals surface area contributed by atoms with E-state index in [1.165, 1.54) is 32.1 Å². The minimum atomic E-state index is -0.00147. The van der Waals surface area contributed by atoms with Gasteiger partial charge in [-0.25, -0.2) is 0 Å². The van der Waals surface area contributed by atoms with Crippen molar-refractivity contribution in [1.29, 1.82) is 0 Å². The van der Waals surface area contributed by atoms with Crippen LogP contribution in [0.25, 0.3) is 0 Å². The van der Waals surface area contributed by atoms with Crippen molar-refractivity contribution in [2.24, 2.45) is 5.92 Å². The van der Waals surface area contributed by atoms with E-state index in [1.54, 1.807) is 11.8 Å². The fraction of sp³-hybridized carbons (Fsp3) is 0.417. The van der Waals surface area contributed by atoms with Crippen LogP contribution in [-0.4, -0.2) is 29.0 Å². The second kappa shape index (κ2) is 9.49. The summed E-state index contributed by atoms with van der Waals surface area (Å²) in [7, 11) is 0. The number of nitrogens with one attached hydrogen (secondary N) is 1. The Kier molecular flexibility index (Phi) is 6.55. The Bertz CT molecular complexity index is 832. The highest BCUT2D eigenvalue weighted by Gasteiger charge is 2.32. The molecule has 0 aromatic heterocycles. The molecule has 2 amide bonds. The van der Waals surface area contributed by atoms with Crippen molar-refractivity contribution in [3.05, 3.63) is 71.3 Å². The van der Waals surface area contributed by atoms with Crippen molar-refractivity contribution in [2.45, 2.75) is 44.0 Å². The Labute approximate surface area is 177 Å². The van der Waals surface area contributed by atoms with E-state index < -0.39 is 0 Å².